The maximum absolute atomic E-state index is 12.1. The molecule has 2 fully saturated rings. The molecule has 0 aliphatic carbocycles. The molecular formula is C21H31IN4O3S. The molecule has 2 aliphatic rings. The lowest BCUT2D eigenvalue weighted by Gasteiger charge is -2.31. The molecule has 0 bridgehead atoms. The van der Waals surface area contributed by atoms with Crippen molar-refractivity contribution in [3.8, 4) is 0 Å². The monoisotopic (exact) mass is 546 g/mol. The van der Waals surface area contributed by atoms with Crippen LogP contribution in [0.25, 0.3) is 6.08 Å². The van der Waals surface area contributed by atoms with Gasteiger partial charge in [0.1, 0.15) is 0 Å². The van der Waals surface area contributed by atoms with Gasteiger partial charge in [0.05, 0.1) is 11.5 Å². The van der Waals surface area contributed by atoms with E-state index in [2.05, 4.69) is 50.9 Å². The second-order valence-corrected chi connectivity index (χ2v) is 9.82. The van der Waals surface area contributed by atoms with Gasteiger partial charge in [-0.25, -0.2) is 8.42 Å². The minimum atomic E-state index is -2.98. The first-order valence-corrected chi connectivity index (χ1v) is 12.0. The van der Waals surface area contributed by atoms with E-state index in [-0.39, 0.29) is 47.4 Å². The summed E-state index contributed by atoms with van der Waals surface area (Å²) in [6.07, 6.45) is 5.05. The molecule has 3 rings (SSSR count). The van der Waals surface area contributed by atoms with E-state index in [1.54, 1.807) is 7.05 Å². The second-order valence-electron chi connectivity index (χ2n) is 7.59. The lowest BCUT2D eigenvalue weighted by molar-refractivity contribution is -0.121. The van der Waals surface area contributed by atoms with Gasteiger partial charge in [0.2, 0.25) is 5.91 Å². The van der Waals surface area contributed by atoms with Gasteiger partial charge in [0.15, 0.2) is 15.8 Å². The van der Waals surface area contributed by atoms with Gasteiger partial charge in [-0.2, -0.15) is 0 Å². The Balaban J connectivity index is 0.00000320. The predicted octanol–water partition coefficient (Wildman–Crippen LogP) is 2.05. The number of hydrogen-bond acceptors (Lipinski definition) is 4. The van der Waals surface area contributed by atoms with Gasteiger partial charge in [-0.3, -0.25) is 9.79 Å². The number of carbonyl (C=O) groups excluding carboxylic acids is 1. The van der Waals surface area contributed by atoms with Gasteiger partial charge in [0.25, 0.3) is 0 Å². The minimum Gasteiger partial charge on any atom is -0.356 e. The maximum atomic E-state index is 12.1. The van der Waals surface area contributed by atoms with Crippen molar-refractivity contribution in [2.24, 2.45) is 4.99 Å². The highest BCUT2D eigenvalue weighted by Gasteiger charge is 2.28. The third kappa shape index (κ3) is 7.57. The number of nitrogens with one attached hydrogen (secondary N) is 2. The highest BCUT2D eigenvalue weighted by molar-refractivity contribution is 14.0. The zero-order valence-corrected chi connectivity index (χ0v) is 20.5. The molecule has 2 N–H and O–H groups in total. The van der Waals surface area contributed by atoms with E-state index in [9.17, 15) is 13.2 Å². The van der Waals surface area contributed by atoms with Crippen LogP contribution in [0, 0.1) is 0 Å². The number of aliphatic imine (C=N–C) groups is 1. The summed E-state index contributed by atoms with van der Waals surface area (Å²) in [5.74, 6) is 0.903. The molecule has 9 heteroatoms. The van der Waals surface area contributed by atoms with Crippen molar-refractivity contribution in [2.75, 3.05) is 38.2 Å². The predicted molar refractivity (Wildman–Crippen MR) is 132 cm³/mol. The molecule has 30 heavy (non-hydrogen) atoms. The average Bonchev–Trinajstić information content (AvgIpc) is 3.05. The van der Waals surface area contributed by atoms with Crippen LogP contribution in [0.2, 0.25) is 0 Å². The van der Waals surface area contributed by atoms with Gasteiger partial charge in [-0.1, -0.05) is 42.0 Å². The number of amides is 1. The Morgan fingerprint density at radius 3 is 2.53 bits per heavy atom. The molecule has 1 unspecified atom stereocenters. The molecule has 0 radical (unpaired) electrons. The molecule has 1 atom stereocenters. The first-order valence-electron chi connectivity index (χ1n) is 10.1. The molecule has 1 aromatic rings. The molecule has 0 aromatic heterocycles. The van der Waals surface area contributed by atoms with E-state index in [0.717, 1.165) is 31.9 Å². The molecule has 0 spiro atoms. The Morgan fingerprint density at radius 2 is 1.93 bits per heavy atom. The average molecular weight is 546 g/mol. The minimum absolute atomic E-state index is 0. The first-order chi connectivity index (χ1) is 13.9. The fourth-order valence-electron chi connectivity index (χ4n) is 3.76. The Morgan fingerprint density at radius 1 is 1.23 bits per heavy atom. The molecule has 7 nitrogen and oxygen atoms in total. The fourth-order valence-corrected chi connectivity index (χ4v) is 5.44. The fraction of sp³-hybridized carbons (Fsp3) is 0.524. The molecule has 0 saturated carbocycles. The number of halogens is 1. The third-order valence-electron chi connectivity index (χ3n) is 5.32. The zero-order chi connectivity index (χ0) is 20.7. The summed E-state index contributed by atoms with van der Waals surface area (Å²) in [6, 6.07) is 10.1. The van der Waals surface area contributed by atoms with E-state index >= 15 is 0 Å². The summed E-state index contributed by atoms with van der Waals surface area (Å²) < 4.78 is 23.0. The first kappa shape index (κ1) is 24.6. The Hall–Kier alpha value is -1.62. The van der Waals surface area contributed by atoms with Gasteiger partial charge in [-0.05, 0) is 24.8 Å². The Bertz CT molecular complexity index is 861. The summed E-state index contributed by atoms with van der Waals surface area (Å²) in [5.41, 5.74) is 2.67. The largest absolute Gasteiger partial charge is 0.356 e. The van der Waals surface area contributed by atoms with Crippen LogP contribution in [-0.4, -0.2) is 69.4 Å². The molecule has 2 aliphatic heterocycles. The van der Waals surface area contributed by atoms with Gasteiger partial charge >= 0.3 is 0 Å². The molecule has 2 saturated heterocycles. The van der Waals surface area contributed by atoms with Crippen LogP contribution in [0.1, 0.15) is 31.2 Å². The summed E-state index contributed by atoms with van der Waals surface area (Å²) in [7, 11) is -1.23. The lowest BCUT2D eigenvalue weighted by atomic mass is 10.0. The maximum Gasteiger partial charge on any atom is 0.222 e. The van der Waals surface area contributed by atoms with Crippen molar-refractivity contribution in [1.29, 1.82) is 0 Å². The summed E-state index contributed by atoms with van der Waals surface area (Å²) in [6.45, 7) is 2.26. The highest BCUT2D eigenvalue weighted by Crippen LogP contribution is 2.19. The highest BCUT2D eigenvalue weighted by atomic mass is 127. The second kappa shape index (κ2) is 11.7. The van der Waals surface area contributed by atoms with Crippen LogP contribution < -0.4 is 10.6 Å². The number of likely N-dealkylation sites (tertiary alicyclic amines) is 1. The van der Waals surface area contributed by atoms with Crippen LogP contribution in [0.3, 0.4) is 0 Å². The van der Waals surface area contributed by atoms with Crippen molar-refractivity contribution >= 4 is 51.8 Å². The standard InChI is InChI=1S/C21H30N4O3S.HI/c1-22-21(23-11-7-20(26)24-19-10-14-29(27,28)16-19)25-12-8-18(9-13-25)15-17-5-3-2-4-6-17;/h2-6,15,19H,7-14,16H2,1H3,(H,22,23)(H,24,26);1H. The van der Waals surface area contributed by atoms with Gasteiger partial charge < -0.3 is 15.5 Å². The van der Waals surface area contributed by atoms with Crippen molar-refractivity contribution in [1.82, 2.24) is 15.5 Å². The molecular weight excluding hydrogens is 515 g/mol. The number of carbonyl (C=O) groups is 1. The number of piperidine rings is 1. The number of nitrogens with zero attached hydrogens (tertiary/aromatic N) is 2. The number of benzene rings is 1. The summed E-state index contributed by atoms with van der Waals surface area (Å²) in [5, 5.41) is 6.07. The van der Waals surface area contributed by atoms with Crippen LogP contribution in [0.5, 0.6) is 0 Å². The van der Waals surface area contributed by atoms with E-state index in [1.807, 2.05) is 6.07 Å². The van der Waals surface area contributed by atoms with E-state index in [1.165, 1.54) is 11.1 Å². The van der Waals surface area contributed by atoms with E-state index in [4.69, 9.17) is 0 Å². The Labute approximate surface area is 196 Å². The molecule has 1 amide bonds. The smallest absolute Gasteiger partial charge is 0.222 e. The number of sulfone groups is 1. The van der Waals surface area contributed by atoms with Crippen LogP contribution in [0.4, 0.5) is 0 Å². The topological polar surface area (TPSA) is 90.9 Å². The van der Waals surface area contributed by atoms with Crippen molar-refractivity contribution in [2.45, 2.75) is 31.7 Å². The number of rotatable bonds is 5. The zero-order valence-electron chi connectivity index (χ0n) is 17.3. The summed E-state index contributed by atoms with van der Waals surface area (Å²) in [4.78, 5) is 18.6. The van der Waals surface area contributed by atoms with Gasteiger partial charge in [0, 0.05) is 39.1 Å². The van der Waals surface area contributed by atoms with Crippen LogP contribution in [0.15, 0.2) is 40.9 Å². The van der Waals surface area contributed by atoms with E-state index in [0.29, 0.717) is 19.4 Å². The van der Waals surface area contributed by atoms with Crippen molar-refractivity contribution in [3.05, 3.63) is 41.5 Å². The van der Waals surface area contributed by atoms with E-state index < -0.39 is 9.84 Å². The van der Waals surface area contributed by atoms with Crippen LogP contribution in [-0.2, 0) is 14.6 Å². The number of guanidine groups is 1. The normalized spacial score (nSPS) is 21.0. The quantitative estimate of drug-likeness (QED) is 0.335. The van der Waals surface area contributed by atoms with Crippen molar-refractivity contribution < 1.29 is 13.2 Å². The van der Waals surface area contributed by atoms with Crippen molar-refractivity contribution in [3.63, 3.8) is 0 Å². The molecule has 166 valence electrons. The van der Waals surface area contributed by atoms with Crippen LogP contribution >= 0.6 is 24.0 Å². The molecule has 1 aromatic carbocycles. The SMILES string of the molecule is CN=C(NCCC(=O)NC1CCS(=O)(=O)C1)N1CCC(=Cc2ccccc2)CC1.I. The Kier molecular flexibility index (Phi) is 9.60. The number of hydrogen-bond donors (Lipinski definition) is 2. The van der Waals surface area contributed by atoms with Gasteiger partial charge in [-0.15, -0.1) is 24.0 Å². The third-order valence-corrected chi connectivity index (χ3v) is 7.09. The lowest BCUT2D eigenvalue weighted by Crippen LogP contribution is -2.45. The molecule has 2 heterocycles. The summed E-state index contributed by atoms with van der Waals surface area (Å²) >= 11 is 0.